The number of imidazole rings is 1. The van der Waals surface area contributed by atoms with Crippen LogP contribution in [0.15, 0.2) is 66.7 Å². The van der Waals surface area contributed by atoms with Crippen molar-refractivity contribution in [3.8, 4) is 33.5 Å². The smallest absolute Gasteiger partial charge is 0.299 e. The predicted octanol–water partition coefficient (Wildman–Crippen LogP) is 7.97. The summed E-state index contributed by atoms with van der Waals surface area (Å²) in [6, 6.07) is 22.4. The number of hydrogen-bond acceptors (Lipinski definition) is 3. The quantitative estimate of drug-likeness (QED) is 0.176. The summed E-state index contributed by atoms with van der Waals surface area (Å²) in [4.78, 5) is 11.9. The second-order valence-electron chi connectivity index (χ2n) is 13.8. The van der Waals surface area contributed by atoms with E-state index in [9.17, 15) is 0 Å². The molecule has 5 aromatic rings. The highest BCUT2D eigenvalue weighted by Crippen LogP contribution is 2.55. The van der Waals surface area contributed by atoms with Gasteiger partial charge < -0.3 is 20.6 Å². The summed E-state index contributed by atoms with van der Waals surface area (Å²) in [5.41, 5.74) is 8.26. The average Bonchev–Trinajstić information content (AvgIpc) is 3.68. The maximum Gasteiger partial charge on any atom is 0.299 e. The molecular formula is C36H33F2N5. The fourth-order valence-corrected chi connectivity index (χ4v) is 8.57. The number of halogens is 2. The fourth-order valence-electron chi connectivity index (χ4n) is 8.57. The van der Waals surface area contributed by atoms with Crippen molar-refractivity contribution in [3.63, 3.8) is 0 Å². The molecule has 43 heavy (non-hydrogen) atoms. The first-order chi connectivity index (χ1) is 20.9. The van der Waals surface area contributed by atoms with Gasteiger partial charge in [0.1, 0.15) is 5.82 Å². The van der Waals surface area contributed by atoms with Crippen LogP contribution in [0.4, 0.5) is 8.78 Å². The van der Waals surface area contributed by atoms with E-state index >= 15 is 8.78 Å². The number of piperidine rings is 1. The second kappa shape index (κ2) is 8.42. The monoisotopic (exact) mass is 573 g/mol. The lowest BCUT2D eigenvalue weighted by Gasteiger charge is -2.20. The van der Waals surface area contributed by atoms with Crippen LogP contribution in [0.5, 0.6) is 0 Å². The van der Waals surface area contributed by atoms with Crippen molar-refractivity contribution in [1.82, 2.24) is 25.6 Å². The Morgan fingerprint density at radius 1 is 0.791 bits per heavy atom. The number of benzene rings is 3. The lowest BCUT2D eigenvalue weighted by atomic mass is 9.98. The van der Waals surface area contributed by atoms with Gasteiger partial charge in [-0.05, 0) is 114 Å². The lowest BCUT2D eigenvalue weighted by Crippen LogP contribution is -2.29. The van der Waals surface area contributed by atoms with Crippen molar-refractivity contribution in [2.24, 2.45) is 11.3 Å². The molecule has 2 saturated carbocycles. The van der Waals surface area contributed by atoms with Crippen molar-refractivity contribution in [3.05, 3.63) is 89.4 Å². The molecular weight excluding hydrogens is 540 g/mol. The van der Waals surface area contributed by atoms with Gasteiger partial charge in [0.2, 0.25) is 0 Å². The summed E-state index contributed by atoms with van der Waals surface area (Å²) < 4.78 is 32.2. The Morgan fingerprint density at radius 3 is 2.30 bits per heavy atom. The number of hydrogen-bond donors (Lipinski definition) is 4. The molecule has 4 atom stereocenters. The Hall–Kier alpha value is -3.81. The molecule has 7 heteroatoms. The van der Waals surface area contributed by atoms with Crippen LogP contribution in [0.1, 0.15) is 73.3 Å². The lowest BCUT2D eigenvalue weighted by molar-refractivity contribution is 0.0481. The molecule has 3 aliphatic carbocycles. The zero-order valence-corrected chi connectivity index (χ0v) is 23.8. The van der Waals surface area contributed by atoms with E-state index in [1.807, 2.05) is 48.5 Å². The Labute approximate surface area is 248 Å². The van der Waals surface area contributed by atoms with Gasteiger partial charge in [0, 0.05) is 41.1 Å². The van der Waals surface area contributed by atoms with Crippen LogP contribution in [0.25, 0.3) is 44.5 Å². The first-order valence-electron chi connectivity index (χ1n) is 15.8. The number of nitrogens with zero attached hydrogens (tertiary/aromatic N) is 1. The number of H-pyrrole nitrogens is 2. The highest BCUT2D eigenvalue weighted by molar-refractivity contribution is 5.87. The van der Waals surface area contributed by atoms with Gasteiger partial charge in [-0.25, -0.2) is 4.98 Å². The van der Waals surface area contributed by atoms with E-state index in [2.05, 4.69) is 26.7 Å². The van der Waals surface area contributed by atoms with Crippen LogP contribution in [-0.2, 0) is 5.92 Å². The Balaban J connectivity index is 0.956. The van der Waals surface area contributed by atoms with Crippen LogP contribution in [-0.4, -0.2) is 27.5 Å². The number of alkyl halides is 2. The molecule has 5 nitrogen and oxygen atoms in total. The molecule has 1 spiro atoms. The largest absolute Gasteiger partial charge is 0.357 e. The third-order valence-corrected chi connectivity index (χ3v) is 11.2. The zero-order chi connectivity index (χ0) is 28.5. The highest BCUT2D eigenvalue weighted by atomic mass is 19.3. The molecule has 2 bridgehead atoms. The maximum absolute atomic E-state index is 16.1. The average molecular weight is 574 g/mol. The molecule has 216 valence electrons. The molecule has 4 heterocycles. The first kappa shape index (κ1) is 24.6. The van der Waals surface area contributed by atoms with Crippen LogP contribution in [0, 0.1) is 11.3 Å². The number of rotatable bonds is 4. The van der Waals surface area contributed by atoms with E-state index < -0.39 is 5.92 Å². The third kappa shape index (κ3) is 3.64. The Kier molecular flexibility index (Phi) is 4.82. The Bertz CT molecular complexity index is 1950. The van der Waals surface area contributed by atoms with Gasteiger partial charge in [-0.3, -0.25) is 0 Å². The van der Waals surface area contributed by atoms with Gasteiger partial charge in [0.05, 0.1) is 17.1 Å². The van der Waals surface area contributed by atoms with Gasteiger partial charge in [-0.15, -0.1) is 0 Å². The number of aromatic amines is 2. The summed E-state index contributed by atoms with van der Waals surface area (Å²) in [5.74, 6) is -1.44. The molecule has 4 N–H and O–H groups in total. The van der Waals surface area contributed by atoms with E-state index in [0.29, 0.717) is 34.5 Å². The maximum atomic E-state index is 16.1. The summed E-state index contributed by atoms with van der Waals surface area (Å²) in [5, 5.41) is 7.36. The van der Waals surface area contributed by atoms with Gasteiger partial charge in [-0.2, -0.15) is 8.78 Å². The summed E-state index contributed by atoms with van der Waals surface area (Å²) in [7, 11) is 0. The predicted molar refractivity (Wildman–Crippen MR) is 164 cm³/mol. The topological polar surface area (TPSA) is 68.5 Å². The minimum Gasteiger partial charge on any atom is -0.357 e. The van der Waals surface area contributed by atoms with E-state index in [1.165, 1.54) is 32.1 Å². The molecule has 5 aliphatic rings. The van der Waals surface area contributed by atoms with E-state index in [0.717, 1.165) is 57.9 Å². The van der Waals surface area contributed by atoms with Crippen LogP contribution in [0.2, 0.25) is 0 Å². The summed E-state index contributed by atoms with van der Waals surface area (Å²) >= 11 is 0. The van der Waals surface area contributed by atoms with Crippen LogP contribution < -0.4 is 10.6 Å². The molecule has 4 fully saturated rings. The first-order valence-corrected chi connectivity index (χ1v) is 15.8. The van der Waals surface area contributed by atoms with Crippen LogP contribution >= 0.6 is 0 Å². The SMILES string of the molecule is FC1(F)c2cc(-c3ccc4nc(C5NC6CCC5C6)[nH]c4c3)ccc2-c2ccc(-c3ccc(C4CC5(CC5)CN4)[nH]3)cc21. The minimum absolute atomic E-state index is 0.0748. The van der Waals surface area contributed by atoms with Crippen molar-refractivity contribution in [2.45, 2.75) is 62.6 Å². The minimum atomic E-state index is -3.07. The molecule has 0 radical (unpaired) electrons. The molecule has 0 amide bonds. The molecule has 2 saturated heterocycles. The molecule has 10 rings (SSSR count). The van der Waals surface area contributed by atoms with E-state index in [1.54, 1.807) is 12.1 Å². The Morgan fingerprint density at radius 2 is 1.56 bits per heavy atom. The normalized spacial score (nSPS) is 27.3. The molecule has 2 aromatic heterocycles. The van der Waals surface area contributed by atoms with E-state index in [-0.39, 0.29) is 17.2 Å². The van der Waals surface area contributed by atoms with Crippen LogP contribution in [0.3, 0.4) is 0 Å². The van der Waals surface area contributed by atoms with Gasteiger partial charge in [0.25, 0.3) is 5.92 Å². The molecule has 4 unspecified atom stereocenters. The van der Waals surface area contributed by atoms with E-state index in [4.69, 9.17) is 4.98 Å². The molecule has 2 aliphatic heterocycles. The summed E-state index contributed by atoms with van der Waals surface area (Å²) in [6.45, 7) is 1.08. The van der Waals surface area contributed by atoms with Crippen molar-refractivity contribution < 1.29 is 8.78 Å². The van der Waals surface area contributed by atoms with Gasteiger partial charge in [0.15, 0.2) is 0 Å². The molecule has 3 aromatic carbocycles. The van der Waals surface area contributed by atoms with Gasteiger partial charge in [-0.1, -0.05) is 30.3 Å². The third-order valence-electron chi connectivity index (χ3n) is 11.2. The zero-order valence-electron chi connectivity index (χ0n) is 23.8. The van der Waals surface area contributed by atoms with Crippen molar-refractivity contribution in [1.29, 1.82) is 0 Å². The fraction of sp³-hybridized carbons (Fsp3) is 0.361. The number of aromatic nitrogens is 3. The number of nitrogens with one attached hydrogen (secondary N) is 4. The highest BCUT2D eigenvalue weighted by Gasteiger charge is 2.49. The van der Waals surface area contributed by atoms with Crippen molar-refractivity contribution in [2.75, 3.05) is 6.54 Å². The number of fused-ring (bicyclic) bond motifs is 6. The second-order valence-corrected chi connectivity index (χ2v) is 13.8. The standard InChI is InChI=1S/C36H33F2N5/c37-36(38)26-14-19(20-4-8-29-31(16-20)43-34(42-29)33-22-1-5-23(13-22)40-33)2-6-24(26)25-7-3-21(15-27(25)36)28-9-10-30(41-28)32-17-35(11-12-35)18-39-32/h2-4,6-10,14-16,22-23,32-33,39-41H,1,5,11-13,17-18H2,(H,42,43). The van der Waals surface area contributed by atoms with Gasteiger partial charge >= 0.3 is 0 Å². The summed E-state index contributed by atoms with van der Waals surface area (Å²) in [6.07, 6.45) is 7.51. The van der Waals surface area contributed by atoms with Crippen molar-refractivity contribution >= 4 is 11.0 Å².